The predicted molar refractivity (Wildman–Crippen MR) is 130 cm³/mol. The first-order valence-electron chi connectivity index (χ1n) is 11.3. The molecular weight excluding hydrogens is 469 g/mol. The van der Waals surface area contributed by atoms with Crippen LogP contribution in [-0.4, -0.2) is 38.2 Å². The third-order valence-corrected chi connectivity index (χ3v) is 7.54. The number of hydrogen-bond donors (Lipinski definition) is 1. The smallest absolute Gasteiger partial charge is 0.264 e. The highest BCUT2D eigenvalue weighted by Gasteiger charge is 2.29. The second kappa shape index (κ2) is 10.7. The summed E-state index contributed by atoms with van der Waals surface area (Å²) in [5.74, 6) is -1.19. The number of hydrogen-bond acceptors (Lipinski definition) is 4. The van der Waals surface area contributed by atoms with Crippen molar-refractivity contribution in [3.63, 3.8) is 0 Å². The van der Waals surface area contributed by atoms with Gasteiger partial charge in [0.05, 0.1) is 10.6 Å². The van der Waals surface area contributed by atoms with Gasteiger partial charge in [-0.05, 0) is 41.8 Å². The minimum Gasteiger partial charge on any atom is -0.350 e. The highest BCUT2D eigenvalue weighted by Crippen LogP contribution is 2.26. The Morgan fingerprint density at radius 3 is 2.40 bits per heavy atom. The third kappa shape index (κ3) is 5.86. The van der Waals surface area contributed by atoms with E-state index >= 15 is 0 Å². The lowest BCUT2D eigenvalue weighted by Crippen LogP contribution is -2.41. The van der Waals surface area contributed by atoms with E-state index in [9.17, 15) is 22.4 Å². The van der Waals surface area contributed by atoms with Crippen LogP contribution in [0.5, 0.6) is 0 Å². The van der Waals surface area contributed by atoms with Crippen molar-refractivity contribution in [2.24, 2.45) is 0 Å². The van der Waals surface area contributed by atoms with Crippen LogP contribution >= 0.6 is 0 Å². The van der Waals surface area contributed by atoms with E-state index in [2.05, 4.69) is 5.32 Å². The number of rotatable bonds is 9. The Hall–Kier alpha value is -3.72. The lowest BCUT2D eigenvalue weighted by Gasteiger charge is -2.24. The Balaban J connectivity index is 1.48. The number of amides is 2. The van der Waals surface area contributed by atoms with Crippen molar-refractivity contribution in [1.82, 2.24) is 10.2 Å². The van der Waals surface area contributed by atoms with Crippen molar-refractivity contribution in [3.05, 3.63) is 95.8 Å². The van der Waals surface area contributed by atoms with Gasteiger partial charge in [-0.15, -0.1) is 0 Å². The molecule has 0 radical (unpaired) electrons. The number of anilines is 1. The van der Waals surface area contributed by atoms with Gasteiger partial charge in [0.25, 0.3) is 10.0 Å². The fourth-order valence-corrected chi connectivity index (χ4v) is 5.44. The van der Waals surface area contributed by atoms with Crippen molar-refractivity contribution in [1.29, 1.82) is 0 Å². The van der Waals surface area contributed by atoms with Crippen molar-refractivity contribution < 1.29 is 22.4 Å². The molecule has 1 heterocycles. The maximum atomic E-state index is 14.6. The first-order valence-corrected chi connectivity index (χ1v) is 12.7. The number of nitrogens with zero attached hydrogens (tertiary/aromatic N) is 2. The largest absolute Gasteiger partial charge is 0.350 e. The molecule has 1 aliphatic rings. The lowest BCUT2D eigenvalue weighted by atomic mass is 10.1. The Morgan fingerprint density at radius 1 is 0.971 bits per heavy atom. The molecule has 0 bridgehead atoms. The number of likely N-dealkylation sites (tertiary alicyclic amines) is 1. The van der Waals surface area contributed by atoms with E-state index in [1.807, 2.05) is 24.3 Å². The molecule has 2 amide bonds. The van der Waals surface area contributed by atoms with Crippen LogP contribution in [-0.2, 0) is 32.7 Å². The van der Waals surface area contributed by atoms with Gasteiger partial charge in [-0.2, -0.15) is 0 Å². The van der Waals surface area contributed by atoms with Crippen LogP contribution in [0.4, 0.5) is 10.1 Å². The van der Waals surface area contributed by atoms with Gasteiger partial charge >= 0.3 is 0 Å². The highest BCUT2D eigenvalue weighted by molar-refractivity contribution is 7.92. The highest BCUT2D eigenvalue weighted by atomic mass is 32.2. The van der Waals surface area contributed by atoms with Crippen LogP contribution in [0.1, 0.15) is 24.0 Å². The molecule has 182 valence electrons. The van der Waals surface area contributed by atoms with Gasteiger partial charge in [-0.25, -0.2) is 12.8 Å². The molecule has 0 unspecified atom stereocenters. The number of benzene rings is 3. The summed E-state index contributed by atoms with van der Waals surface area (Å²) in [5.41, 5.74) is 1.56. The summed E-state index contributed by atoms with van der Waals surface area (Å²) < 4.78 is 41.9. The van der Waals surface area contributed by atoms with E-state index in [4.69, 9.17) is 0 Å². The molecule has 1 N–H and O–H groups in total. The molecular formula is C26H26FN3O4S. The van der Waals surface area contributed by atoms with Gasteiger partial charge in [0.2, 0.25) is 11.8 Å². The minimum atomic E-state index is -4.18. The predicted octanol–water partition coefficient (Wildman–Crippen LogP) is 3.46. The second-order valence-electron chi connectivity index (χ2n) is 8.29. The fraction of sp³-hybridized carbons (Fsp3) is 0.231. The van der Waals surface area contributed by atoms with E-state index in [0.717, 1.165) is 34.5 Å². The Morgan fingerprint density at radius 2 is 1.69 bits per heavy atom. The van der Waals surface area contributed by atoms with E-state index in [1.54, 1.807) is 23.1 Å². The van der Waals surface area contributed by atoms with E-state index < -0.39 is 28.3 Å². The Labute approximate surface area is 204 Å². The first kappa shape index (κ1) is 24.4. The summed E-state index contributed by atoms with van der Waals surface area (Å²) in [7, 11) is -4.18. The van der Waals surface area contributed by atoms with E-state index in [0.29, 0.717) is 13.0 Å². The monoisotopic (exact) mass is 495 g/mol. The van der Waals surface area contributed by atoms with Crippen LogP contribution in [0.2, 0.25) is 0 Å². The average molecular weight is 496 g/mol. The molecule has 3 aromatic carbocycles. The van der Waals surface area contributed by atoms with Crippen molar-refractivity contribution in [2.75, 3.05) is 17.4 Å². The Kier molecular flexibility index (Phi) is 7.45. The van der Waals surface area contributed by atoms with Crippen molar-refractivity contribution in [3.8, 4) is 0 Å². The van der Waals surface area contributed by atoms with Crippen LogP contribution in [0.3, 0.4) is 0 Å². The summed E-state index contributed by atoms with van der Waals surface area (Å²) >= 11 is 0. The SMILES string of the molecule is O=C(CN(c1ccccc1F)S(=O)(=O)c1ccccc1)NCc1cccc(CN2CCCC2=O)c1. The van der Waals surface area contributed by atoms with Crippen molar-refractivity contribution in [2.45, 2.75) is 30.8 Å². The van der Waals surface area contributed by atoms with Crippen LogP contribution < -0.4 is 9.62 Å². The molecule has 3 aromatic rings. The maximum Gasteiger partial charge on any atom is 0.264 e. The first-order chi connectivity index (χ1) is 16.8. The summed E-state index contributed by atoms with van der Waals surface area (Å²) in [6.07, 6.45) is 1.43. The molecule has 0 aromatic heterocycles. The van der Waals surface area contributed by atoms with E-state index in [-0.39, 0.29) is 23.0 Å². The number of nitrogens with one attached hydrogen (secondary N) is 1. The molecule has 0 atom stereocenters. The molecule has 4 rings (SSSR count). The van der Waals surface area contributed by atoms with Gasteiger partial charge in [0, 0.05) is 26.1 Å². The normalized spacial score (nSPS) is 13.6. The average Bonchev–Trinajstić information content (AvgIpc) is 3.26. The van der Waals surface area contributed by atoms with Gasteiger partial charge in [-0.3, -0.25) is 13.9 Å². The number of para-hydroxylation sites is 1. The molecule has 0 spiro atoms. The number of halogens is 1. The van der Waals surface area contributed by atoms with Crippen LogP contribution in [0.15, 0.2) is 83.8 Å². The van der Waals surface area contributed by atoms with Crippen LogP contribution in [0, 0.1) is 5.82 Å². The lowest BCUT2D eigenvalue weighted by molar-refractivity contribution is -0.128. The molecule has 0 aliphatic carbocycles. The van der Waals surface area contributed by atoms with Gasteiger partial charge in [-0.1, -0.05) is 54.6 Å². The molecule has 1 saturated heterocycles. The second-order valence-corrected chi connectivity index (χ2v) is 10.2. The zero-order valence-corrected chi connectivity index (χ0v) is 19.9. The summed E-state index contributed by atoms with van der Waals surface area (Å²) in [6, 6.07) is 20.6. The quantitative estimate of drug-likeness (QED) is 0.493. The zero-order chi connectivity index (χ0) is 24.8. The summed E-state index contributed by atoms with van der Waals surface area (Å²) in [6.45, 7) is 0.829. The molecule has 1 aliphatic heterocycles. The number of sulfonamides is 1. The van der Waals surface area contributed by atoms with Gasteiger partial charge < -0.3 is 10.2 Å². The number of carbonyl (C=O) groups excluding carboxylic acids is 2. The molecule has 0 saturated carbocycles. The molecule has 9 heteroatoms. The topological polar surface area (TPSA) is 86.8 Å². The van der Waals surface area contributed by atoms with Gasteiger partial charge in [0.1, 0.15) is 12.4 Å². The molecule has 35 heavy (non-hydrogen) atoms. The van der Waals surface area contributed by atoms with Crippen LogP contribution in [0.25, 0.3) is 0 Å². The molecule has 7 nitrogen and oxygen atoms in total. The van der Waals surface area contributed by atoms with E-state index in [1.165, 1.54) is 30.3 Å². The fourth-order valence-electron chi connectivity index (χ4n) is 3.99. The Bertz CT molecular complexity index is 1310. The minimum absolute atomic E-state index is 0.0415. The maximum absolute atomic E-state index is 14.6. The van der Waals surface area contributed by atoms with Gasteiger partial charge in [0.15, 0.2) is 0 Å². The standard InChI is InChI=1S/C26H26FN3O4S/c27-23-12-4-5-13-24(23)30(35(33,34)22-10-2-1-3-11-22)19-25(31)28-17-20-8-6-9-21(16-20)18-29-15-7-14-26(29)32/h1-6,8-13,16H,7,14-15,17-19H2,(H,28,31). The molecule has 1 fully saturated rings. The van der Waals surface area contributed by atoms with Crippen molar-refractivity contribution >= 4 is 27.5 Å². The zero-order valence-electron chi connectivity index (χ0n) is 19.1. The summed E-state index contributed by atoms with van der Waals surface area (Å²) in [4.78, 5) is 26.5. The number of carbonyl (C=O) groups is 2. The third-order valence-electron chi connectivity index (χ3n) is 5.77. The summed E-state index contributed by atoms with van der Waals surface area (Å²) in [5, 5.41) is 2.72.